The molecule has 2 N–H and O–H groups in total. The minimum absolute atomic E-state index is 0.133. The van der Waals surface area contributed by atoms with Crippen LogP contribution in [0, 0.1) is 10.1 Å². The lowest BCUT2D eigenvalue weighted by molar-refractivity contribution is -0.384. The largest absolute Gasteiger partial charge is 0.399 e. The molecule has 2 rings (SSSR count). The summed E-state index contributed by atoms with van der Waals surface area (Å²) in [6.45, 7) is 1.75. The molecular formula is C16H19N3O2. The molecule has 21 heavy (non-hydrogen) atoms. The van der Waals surface area contributed by atoms with Gasteiger partial charge in [-0.2, -0.15) is 0 Å². The molecule has 0 aliphatic heterocycles. The molecule has 0 heterocycles. The summed E-state index contributed by atoms with van der Waals surface area (Å²) in [5, 5.41) is 10.6. The van der Waals surface area contributed by atoms with Crippen LogP contribution in [0.25, 0.3) is 0 Å². The Hall–Kier alpha value is -2.40. The number of hydrogen-bond donors (Lipinski definition) is 1. The number of nitrogens with zero attached hydrogens (tertiary/aromatic N) is 2. The lowest BCUT2D eigenvalue weighted by Crippen LogP contribution is -2.20. The molecule has 2 aromatic rings. The van der Waals surface area contributed by atoms with Gasteiger partial charge in [-0.3, -0.25) is 10.1 Å². The summed E-state index contributed by atoms with van der Waals surface area (Å²) in [7, 11) is 2.06. The number of non-ortho nitro benzene ring substituents is 1. The number of nitrogen functional groups attached to an aromatic ring is 1. The maximum atomic E-state index is 10.6. The SMILES string of the molecule is CN(CCc1ccc([N+](=O)[O-])cc1)Cc1ccc(N)cc1. The van der Waals surface area contributed by atoms with Gasteiger partial charge in [0, 0.05) is 30.9 Å². The highest BCUT2D eigenvalue weighted by molar-refractivity contribution is 5.39. The van der Waals surface area contributed by atoms with Gasteiger partial charge in [0.25, 0.3) is 5.69 Å². The number of nitro groups is 1. The van der Waals surface area contributed by atoms with E-state index in [-0.39, 0.29) is 10.6 Å². The van der Waals surface area contributed by atoms with Gasteiger partial charge in [0.2, 0.25) is 0 Å². The Bertz CT molecular complexity index is 594. The topological polar surface area (TPSA) is 72.4 Å². The normalized spacial score (nSPS) is 10.8. The fourth-order valence-electron chi connectivity index (χ4n) is 2.12. The minimum atomic E-state index is -0.378. The number of nitro benzene ring substituents is 1. The summed E-state index contributed by atoms with van der Waals surface area (Å²) in [6, 6.07) is 14.6. The third kappa shape index (κ3) is 4.57. The van der Waals surface area contributed by atoms with Crippen LogP contribution in [0.2, 0.25) is 0 Å². The molecule has 0 unspecified atom stereocenters. The summed E-state index contributed by atoms with van der Waals surface area (Å²) in [4.78, 5) is 12.4. The van der Waals surface area contributed by atoms with Gasteiger partial charge in [-0.05, 0) is 36.7 Å². The summed E-state index contributed by atoms with van der Waals surface area (Å²) in [6.07, 6.45) is 0.865. The van der Waals surface area contributed by atoms with Crippen LogP contribution < -0.4 is 5.73 Å². The Morgan fingerprint density at radius 1 is 1.05 bits per heavy atom. The molecular weight excluding hydrogens is 266 g/mol. The van der Waals surface area contributed by atoms with Gasteiger partial charge in [-0.15, -0.1) is 0 Å². The highest BCUT2D eigenvalue weighted by Crippen LogP contribution is 2.13. The van der Waals surface area contributed by atoms with Gasteiger partial charge in [-0.25, -0.2) is 0 Å². The summed E-state index contributed by atoms with van der Waals surface area (Å²) < 4.78 is 0. The van der Waals surface area contributed by atoms with Crippen molar-refractivity contribution in [2.75, 3.05) is 19.3 Å². The average molecular weight is 285 g/mol. The fraction of sp³-hybridized carbons (Fsp3) is 0.250. The van der Waals surface area contributed by atoms with Crippen molar-refractivity contribution in [3.05, 3.63) is 69.8 Å². The monoisotopic (exact) mass is 285 g/mol. The van der Waals surface area contributed by atoms with Crippen molar-refractivity contribution in [2.24, 2.45) is 0 Å². The second kappa shape index (κ2) is 6.85. The quantitative estimate of drug-likeness (QED) is 0.503. The van der Waals surface area contributed by atoms with E-state index < -0.39 is 0 Å². The van der Waals surface area contributed by atoms with Crippen LogP contribution in [-0.2, 0) is 13.0 Å². The molecule has 0 spiro atoms. The Morgan fingerprint density at radius 3 is 2.19 bits per heavy atom. The zero-order valence-corrected chi connectivity index (χ0v) is 12.0. The van der Waals surface area contributed by atoms with Crippen LogP contribution in [0.3, 0.4) is 0 Å². The molecule has 0 amide bonds. The first-order valence-electron chi connectivity index (χ1n) is 6.81. The van der Waals surface area contributed by atoms with Crippen LogP contribution in [0.1, 0.15) is 11.1 Å². The molecule has 5 nitrogen and oxygen atoms in total. The Kier molecular flexibility index (Phi) is 4.90. The standard InChI is InChI=1S/C16H19N3O2/c1-18(12-14-2-6-15(17)7-3-14)11-10-13-4-8-16(9-5-13)19(20)21/h2-9H,10-12,17H2,1H3. The molecule has 110 valence electrons. The maximum Gasteiger partial charge on any atom is 0.269 e. The number of likely N-dealkylation sites (N-methyl/N-ethyl adjacent to an activating group) is 1. The van der Waals surface area contributed by atoms with Crippen LogP contribution in [0.4, 0.5) is 11.4 Å². The second-order valence-corrected chi connectivity index (χ2v) is 5.15. The second-order valence-electron chi connectivity index (χ2n) is 5.15. The van der Waals surface area contributed by atoms with Crippen LogP contribution in [0.5, 0.6) is 0 Å². The van der Waals surface area contributed by atoms with Gasteiger partial charge in [0.15, 0.2) is 0 Å². The molecule has 5 heteroatoms. The maximum absolute atomic E-state index is 10.6. The van der Waals surface area contributed by atoms with Gasteiger partial charge in [-0.1, -0.05) is 24.3 Å². The molecule has 0 saturated heterocycles. The van der Waals surface area contributed by atoms with Crippen molar-refractivity contribution in [3.8, 4) is 0 Å². The molecule has 0 saturated carbocycles. The lowest BCUT2D eigenvalue weighted by Gasteiger charge is -2.16. The van der Waals surface area contributed by atoms with Crippen molar-refractivity contribution in [3.63, 3.8) is 0 Å². The highest BCUT2D eigenvalue weighted by Gasteiger charge is 2.05. The van der Waals surface area contributed by atoms with E-state index in [4.69, 9.17) is 5.73 Å². The third-order valence-electron chi connectivity index (χ3n) is 3.36. The Balaban J connectivity index is 1.84. The van der Waals surface area contributed by atoms with Gasteiger partial charge in [0.05, 0.1) is 4.92 Å². The van der Waals surface area contributed by atoms with Crippen LogP contribution in [-0.4, -0.2) is 23.4 Å². The van der Waals surface area contributed by atoms with Crippen molar-refractivity contribution >= 4 is 11.4 Å². The van der Waals surface area contributed by atoms with E-state index in [0.717, 1.165) is 30.8 Å². The molecule has 0 aromatic heterocycles. The van der Waals surface area contributed by atoms with Crippen molar-refractivity contribution in [2.45, 2.75) is 13.0 Å². The summed E-state index contributed by atoms with van der Waals surface area (Å²) in [5.74, 6) is 0. The number of nitrogens with two attached hydrogens (primary N) is 1. The Morgan fingerprint density at radius 2 is 1.62 bits per heavy atom. The van der Waals surface area contributed by atoms with E-state index >= 15 is 0 Å². The molecule has 0 aliphatic rings. The predicted molar refractivity (Wildman–Crippen MR) is 84.0 cm³/mol. The van der Waals surface area contributed by atoms with E-state index in [9.17, 15) is 10.1 Å². The minimum Gasteiger partial charge on any atom is -0.399 e. The molecule has 0 aliphatic carbocycles. The first-order valence-corrected chi connectivity index (χ1v) is 6.81. The van der Waals surface area contributed by atoms with Crippen LogP contribution >= 0.6 is 0 Å². The van der Waals surface area contributed by atoms with E-state index in [2.05, 4.69) is 11.9 Å². The zero-order chi connectivity index (χ0) is 15.2. The van der Waals surface area contributed by atoms with Crippen molar-refractivity contribution < 1.29 is 4.92 Å². The molecule has 2 aromatic carbocycles. The number of benzene rings is 2. The molecule has 0 fully saturated rings. The first-order chi connectivity index (χ1) is 10.0. The smallest absolute Gasteiger partial charge is 0.269 e. The van der Waals surface area contributed by atoms with Crippen molar-refractivity contribution in [1.29, 1.82) is 0 Å². The lowest BCUT2D eigenvalue weighted by atomic mass is 10.1. The van der Waals surface area contributed by atoms with E-state index in [1.807, 2.05) is 36.4 Å². The van der Waals surface area contributed by atoms with E-state index in [1.165, 1.54) is 5.56 Å². The number of hydrogen-bond acceptors (Lipinski definition) is 4. The Labute approximate surface area is 124 Å². The number of rotatable bonds is 6. The zero-order valence-electron chi connectivity index (χ0n) is 12.0. The average Bonchev–Trinajstić information content (AvgIpc) is 2.48. The van der Waals surface area contributed by atoms with Crippen molar-refractivity contribution in [1.82, 2.24) is 4.90 Å². The fourth-order valence-corrected chi connectivity index (χ4v) is 2.12. The number of anilines is 1. The van der Waals surface area contributed by atoms with Gasteiger partial charge < -0.3 is 10.6 Å². The van der Waals surface area contributed by atoms with Gasteiger partial charge in [0.1, 0.15) is 0 Å². The molecule has 0 radical (unpaired) electrons. The predicted octanol–water partition coefficient (Wildman–Crippen LogP) is 2.85. The first kappa shape index (κ1) is 15.0. The molecule has 0 bridgehead atoms. The van der Waals surface area contributed by atoms with E-state index in [1.54, 1.807) is 12.1 Å². The molecule has 0 atom stereocenters. The van der Waals surface area contributed by atoms with Crippen LogP contribution in [0.15, 0.2) is 48.5 Å². The van der Waals surface area contributed by atoms with Gasteiger partial charge >= 0.3 is 0 Å². The summed E-state index contributed by atoms with van der Waals surface area (Å²) >= 11 is 0. The highest BCUT2D eigenvalue weighted by atomic mass is 16.6. The summed E-state index contributed by atoms with van der Waals surface area (Å²) in [5.41, 5.74) is 8.89. The van der Waals surface area contributed by atoms with E-state index in [0.29, 0.717) is 0 Å². The third-order valence-corrected chi connectivity index (χ3v) is 3.36.